The van der Waals surface area contributed by atoms with Crippen molar-refractivity contribution in [1.29, 1.82) is 0 Å². The summed E-state index contributed by atoms with van der Waals surface area (Å²) in [5.41, 5.74) is 6.40. The lowest BCUT2D eigenvalue weighted by Crippen LogP contribution is -2.12. The molecule has 282 valence electrons. The van der Waals surface area contributed by atoms with E-state index in [4.69, 9.17) is 28.0 Å². The first-order valence-electron chi connectivity index (χ1n) is 16.9. The van der Waals surface area contributed by atoms with E-state index in [2.05, 4.69) is 72.7 Å². The minimum atomic E-state index is -0.518. The molecule has 0 atom stereocenters. The first-order chi connectivity index (χ1) is 26.7. The van der Waals surface area contributed by atoms with Gasteiger partial charge in [-0.05, 0) is 69.0 Å². The summed E-state index contributed by atoms with van der Waals surface area (Å²) in [5.74, 6) is 2.04. The summed E-state index contributed by atoms with van der Waals surface area (Å²) in [4.78, 5) is 41.9. The highest BCUT2D eigenvalue weighted by Crippen LogP contribution is 2.37. The van der Waals surface area contributed by atoms with Crippen molar-refractivity contribution in [3.63, 3.8) is 0 Å². The Morgan fingerprint density at radius 3 is 1.62 bits per heavy atom. The lowest BCUT2D eigenvalue weighted by Gasteiger charge is -2.15. The Labute approximate surface area is 330 Å². The van der Waals surface area contributed by atoms with E-state index in [1.165, 1.54) is 7.11 Å². The number of aromatic nitrogens is 6. The van der Waals surface area contributed by atoms with Crippen molar-refractivity contribution in [3.05, 3.63) is 91.4 Å². The maximum absolute atomic E-state index is 12.1. The Bertz CT molecular complexity index is 2420. The number of fused-ring (bicyclic) bond motifs is 6. The molecule has 0 saturated heterocycles. The van der Waals surface area contributed by atoms with Gasteiger partial charge in [0.25, 0.3) is 0 Å². The van der Waals surface area contributed by atoms with Crippen molar-refractivity contribution in [2.24, 2.45) is 0 Å². The number of nitrogens with one attached hydrogen (secondary N) is 2. The van der Waals surface area contributed by atoms with Gasteiger partial charge in [-0.15, -0.1) is 0 Å². The molecular weight excluding hydrogens is 844 g/mol. The smallest absolute Gasteiger partial charge is 0.360 e. The van der Waals surface area contributed by atoms with Crippen LogP contribution in [0.1, 0.15) is 50.2 Å². The van der Waals surface area contributed by atoms with Crippen LogP contribution < -0.4 is 20.1 Å². The Balaban J connectivity index is 0.000000169. The van der Waals surface area contributed by atoms with E-state index in [1.54, 1.807) is 33.5 Å². The zero-order chi connectivity index (χ0) is 38.6. The zero-order valence-electron chi connectivity index (χ0n) is 29.9. The van der Waals surface area contributed by atoms with Gasteiger partial charge < -0.3 is 38.6 Å². The Hall–Kier alpha value is -5.88. The largest absolute Gasteiger partial charge is 0.495 e. The highest BCUT2D eigenvalue weighted by atomic mass is 79.9. The highest BCUT2D eigenvalue weighted by molar-refractivity contribution is 9.10. The molecule has 2 aliphatic carbocycles. The fourth-order valence-electron chi connectivity index (χ4n) is 6.06. The molecule has 4 heterocycles. The summed E-state index contributed by atoms with van der Waals surface area (Å²) in [5, 5.41) is 14.1. The van der Waals surface area contributed by atoms with Crippen molar-refractivity contribution in [3.8, 4) is 34.4 Å². The lowest BCUT2D eigenvalue weighted by molar-refractivity contribution is 0.0512. The number of rotatable bonds is 9. The molecule has 2 aromatic carbocycles. The summed E-state index contributed by atoms with van der Waals surface area (Å²) in [6, 6.07) is 11.2. The number of hydrogen-bond acceptors (Lipinski definition) is 16. The molecule has 2 aliphatic rings. The summed E-state index contributed by atoms with van der Waals surface area (Å²) in [6.07, 6.45) is 6.13. The molecule has 18 heteroatoms. The molecule has 0 saturated carbocycles. The average molecular weight is 877 g/mol. The van der Waals surface area contributed by atoms with Gasteiger partial charge >= 0.3 is 11.9 Å². The molecule has 0 fully saturated rings. The highest BCUT2D eigenvalue weighted by Gasteiger charge is 2.31. The first-order valence-corrected chi connectivity index (χ1v) is 18.5. The van der Waals surface area contributed by atoms with Crippen LogP contribution >= 0.6 is 31.9 Å². The van der Waals surface area contributed by atoms with Crippen molar-refractivity contribution >= 4 is 67.1 Å². The second-order valence-electron chi connectivity index (χ2n) is 12.0. The molecule has 0 bridgehead atoms. The van der Waals surface area contributed by atoms with Gasteiger partial charge in [0.2, 0.25) is 11.9 Å². The van der Waals surface area contributed by atoms with Crippen molar-refractivity contribution in [2.45, 2.75) is 32.6 Å². The van der Waals surface area contributed by atoms with Crippen LogP contribution in [0.2, 0.25) is 0 Å². The minimum absolute atomic E-state index is 0.195. The number of ether oxygens (including phenoxy) is 4. The second kappa shape index (κ2) is 16.2. The minimum Gasteiger partial charge on any atom is -0.495 e. The summed E-state index contributed by atoms with van der Waals surface area (Å²) < 4.78 is 33.2. The molecule has 0 amide bonds. The number of aryl methyl sites for hydroxylation is 2. The number of nitrogens with zero attached hydrogens (tertiary/aromatic N) is 6. The molecule has 4 aromatic heterocycles. The summed E-state index contributed by atoms with van der Waals surface area (Å²) >= 11 is 6.83. The van der Waals surface area contributed by atoms with E-state index in [9.17, 15) is 9.59 Å². The predicted octanol–water partition coefficient (Wildman–Crippen LogP) is 7.45. The van der Waals surface area contributed by atoms with Gasteiger partial charge in [-0.3, -0.25) is 0 Å². The number of carbonyl (C=O) groups is 2. The lowest BCUT2D eigenvalue weighted by atomic mass is 9.94. The average Bonchev–Trinajstić information content (AvgIpc) is 3.85. The van der Waals surface area contributed by atoms with E-state index < -0.39 is 11.9 Å². The van der Waals surface area contributed by atoms with Crippen LogP contribution in [0.15, 0.2) is 66.8 Å². The quantitative estimate of drug-likeness (QED) is 0.136. The fourth-order valence-corrected chi connectivity index (χ4v) is 6.74. The van der Waals surface area contributed by atoms with Crippen LogP contribution in [0, 0.1) is 0 Å². The third-order valence-corrected chi connectivity index (χ3v) is 9.68. The van der Waals surface area contributed by atoms with Crippen LogP contribution in [-0.2, 0) is 35.2 Å². The molecular formula is C37H32Br2N8O8. The van der Waals surface area contributed by atoms with E-state index >= 15 is 0 Å². The Morgan fingerprint density at radius 1 is 0.709 bits per heavy atom. The normalized spacial score (nSPS) is 12.1. The SMILES string of the molecule is CCOC(=O)c1noc2c1CCc1cnc(Nc3ccc(Br)cc3OC)nc1-2.COC(=O)c1noc2c1CCc1cnc(Nc3ccc(Br)cc3OC)nc1-2. The number of anilines is 4. The fraction of sp³-hybridized carbons (Fsp3) is 0.243. The van der Waals surface area contributed by atoms with Gasteiger partial charge in [0.1, 0.15) is 22.9 Å². The molecule has 2 N–H and O–H groups in total. The summed E-state index contributed by atoms with van der Waals surface area (Å²) in [6.45, 7) is 2.03. The van der Waals surface area contributed by atoms with E-state index in [0.717, 1.165) is 37.0 Å². The van der Waals surface area contributed by atoms with Gasteiger partial charge in [0.05, 0.1) is 39.3 Å². The zero-order valence-corrected chi connectivity index (χ0v) is 33.0. The number of benzene rings is 2. The van der Waals surface area contributed by atoms with Crippen molar-refractivity contribution in [2.75, 3.05) is 38.6 Å². The summed E-state index contributed by atoms with van der Waals surface area (Å²) in [7, 11) is 4.50. The van der Waals surface area contributed by atoms with Crippen molar-refractivity contribution in [1.82, 2.24) is 30.2 Å². The maximum atomic E-state index is 12.1. The van der Waals surface area contributed by atoms with Crippen LogP contribution in [0.4, 0.5) is 23.3 Å². The third kappa shape index (κ3) is 7.72. The van der Waals surface area contributed by atoms with E-state index in [0.29, 0.717) is 77.6 Å². The van der Waals surface area contributed by atoms with E-state index in [-0.39, 0.29) is 18.0 Å². The third-order valence-electron chi connectivity index (χ3n) is 8.69. The molecule has 8 rings (SSSR count). The number of esters is 2. The second-order valence-corrected chi connectivity index (χ2v) is 13.8. The monoisotopic (exact) mass is 874 g/mol. The Kier molecular flexibility index (Phi) is 11.1. The molecule has 55 heavy (non-hydrogen) atoms. The molecule has 0 unspecified atom stereocenters. The molecule has 0 radical (unpaired) electrons. The van der Waals surface area contributed by atoms with Gasteiger partial charge in [-0.25, -0.2) is 29.5 Å². The molecule has 6 aromatic rings. The van der Waals surface area contributed by atoms with Crippen LogP contribution in [0.5, 0.6) is 11.5 Å². The predicted molar refractivity (Wildman–Crippen MR) is 205 cm³/mol. The molecule has 0 aliphatic heterocycles. The van der Waals surface area contributed by atoms with Crippen molar-refractivity contribution < 1.29 is 37.6 Å². The standard InChI is InChI=1S/C19H17BrN4O4.C18H15BrN4O4/c1-3-27-18(25)16-12-6-4-10-9-21-19(23-15(10)17(12)28-24-16)22-13-7-5-11(20)8-14(13)26-2;1-25-13-7-10(19)4-6-12(13)21-18-20-8-9-3-5-11-15(17(24)26-2)23-27-16(11)14(9)22-18/h5,7-9H,3-4,6H2,1-2H3,(H,21,22,23);4,6-8H,3,5H2,1-2H3,(H,20,21,22). The number of hydrogen-bond donors (Lipinski definition) is 2. The Morgan fingerprint density at radius 2 is 1.18 bits per heavy atom. The number of carbonyl (C=O) groups excluding carboxylic acids is 2. The van der Waals surface area contributed by atoms with Gasteiger partial charge in [-0.2, -0.15) is 0 Å². The van der Waals surface area contributed by atoms with Gasteiger partial charge in [-0.1, -0.05) is 42.2 Å². The van der Waals surface area contributed by atoms with Gasteiger partial charge in [0.15, 0.2) is 22.9 Å². The number of methoxy groups -OCH3 is 3. The number of halogens is 2. The topological polar surface area (TPSA) is 199 Å². The van der Waals surface area contributed by atoms with Crippen LogP contribution in [0.25, 0.3) is 22.9 Å². The van der Waals surface area contributed by atoms with E-state index in [1.807, 2.05) is 36.4 Å². The van der Waals surface area contributed by atoms with Gasteiger partial charge in [0, 0.05) is 43.6 Å². The van der Waals surface area contributed by atoms with Crippen LogP contribution in [-0.4, -0.2) is 70.1 Å². The molecule has 16 nitrogen and oxygen atoms in total. The van der Waals surface area contributed by atoms with Crippen LogP contribution in [0.3, 0.4) is 0 Å². The molecule has 0 spiro atoms. The first kappa shape index (κ1) is 37.4. The maximum Gasteiger partial charge on any atom is 0.360 e.